The van der Waals surface area contributed by atoms with Crippen LogP contribution in [0.15, 0.2) is 23.5 Å². The molecule has 1 fully saturated rings. The molecule has 0 atom stereocenters. The molecule has 8 nitrogen and oxygen atoms in total. The third kappa shape index (κ3) is 6.56. The summed E-state index contributed by atoms with van der Waals surface area (Å²) in [6, 6.07) is 1.80. The molecule has 1 aliphatic heterocycles. The Bertz CT molecular complexity index is 553. The van der Waals surface area contributed by atoms with Crippen LogP contribution in [-0.4, -0.2) is 66.0 Å². The van der Waals surface area contributed by atoms with E-state index in [1.807, 2.05) is 4.90 Å². The van der Waals surface area contributed by atoms with E-state index in [1.165, 1.54) is 0 Å². The first kappa shape index (κ1) is 19.0. The van der Waals surface area contributed by atoms with Gasteiger partial charge in [0.15, 0.2) is 5.96 Å². The highest BCUT2D eigenvalue weighted by molar-refractivity contribution is 5.80. The van der Waals surface area contributed by atoms with Gasteiger partial charge in [-0.3, -0.25) is 9.79 Å². The number of amides is 1. The lowest BCUT2D eigenvalue weighted by atomic mass is 10.1. The predicted octanol–water partition coefficient (Wildman–Crippen LogP) is 0.466. The maximum absolute atomic E-state index is 12.3. The molecule has 8 heteroatoms. The molecule has 0 radical (unpaired) electrons. The molecule has 0 unspecified atom stereocenters. The fourth-order valence-corrected chi connectivity index (χ4v) is 2.57. The van der Waals surface area contributed by atoms with Crippen LogP contribution >= 0.6 is 0 Å². The highest BCUT2D eigenvalue weighted by atomic mass is 16.2. The number of aromatic nitrogens is 2. The minimum Gasteiger partial charge on any atom is -0.370 e. The van der Waals surface area contributed by atoms with Gasteiger partial charge >= 0.3 is 0 Å². The highest BCUT2D eigenvalue weighted by Crippen LogP contribution is 2.10. The molecule has 2 rings (SSSR count). The number of nitrogens with zero attached hydrogens (tertiary/aromatic N) is 5. The van der Waals surface area contributed by atoms with Crippen molar-refractivity contribution in [2.45, 2.75) is 26.7 Å². The molecule has 0 aliphatic carbocycles. The van der Waals surface area contributed by atoms with Gasteiger partial charge in [0.1, 0.15) is 0 Å². The van der Waals surface area contributed by atoms with E-state index in [4.69, 9.17) is 5.73 Å². The molecule has 0 saturated carbocycles. The third-order valence-corrected chi connectivity index (χ3v) is 4.10. The second kappa shape index (κ2) is 9.80. The molecule has 1 aromatic heterocycles. The van der Waals surface area contributed by atoms with E-state index >= 15 is 0 Å². The van der Waals surface area contributed by atoms with E-state index in [1.54, 1.807) is 18.5 Å². The van der Waals surface area contributed by atoms with Crippen molar-refractivity contribution in [2.24, 2.45) is 16.6 Å². The van der Waals surface area contributed by atoms with Crippen molar-refractivity contribution in [2.75, 3.05) is 44.2 Å². The number of guanidine groups is 1. The van der Waals surface area contributed by atoms with Gasteiger partial charge in [0.05, 0.1) is 0 Å². The molecule has 1 aromatic rings. The van der Waals surface area contributed by atoms with E-state index in [-0.39, 0.29) is 5.91 Å². The van der Waals surface area contributed by atoms with Gasteiger partial charge in [-0.05, 0) is 18.4 Å². The second-order valence-corrected chi connectivity index (χ2v) is 6.54. The zero-order valence-electron chi connectivity index (χ0n) is 15.2. The summed E-state index contributed by atoms with van der Waals surface area (Å²) in [5.74, 6) is 1.88. The highest BCUT2D eigenvalue weighted by Gasteiger charge is 2.21. The van der Waals surface area contributed by atoms with Crippen molar-refractivity contribution in [1.29, 1.82) is 0 Å². The minimum atomic E-state index is 0.135. The van der Waals surface area contributed by atoms with E-state index in [0.29, 0.717) is 44.5 Å². The van der Waals surface area contributed by atoms with Crippen LogP contribution in [0.5, 0.6) is 0 Å². The molecule has 138 valence electrons. The first-order chi connectivity index (χ1) is 12.1. The van der Waals surface area contributed by atoms with E-state index < -0.39 is 0 Å². The summed E-state index contributed by atoms with van der Waals surface area (Å²) in [6.45, 7) is 8.42. The van der Waals surface area contributed by atoms with Crippen LogP contribution in [0.2, 0.25) is 0 Å². The van der Waals surface area contributed by atoms with Gasteiger partial charge in [-0.2, -0.15) is 0 Å². The topological polar surface area (TPSA) is 99.7 Å². The zero-order valence-corrected chi connectivity index (χ0v) is 15.2. The smallest absolute Gasteiger partial charge is 0.225 e. The standard InChI is InChI=1S/C17H29N7O/c1-14(2)4-8-19-16(18)20-9-5-15(25)23-10-12-24(13-11-23)17-21-6-3-7-22-17/h3,6-7,14H,4-5,8-13H2,1-2H3,(H3,18,19,20). The molecular formula is C17H29N7O. The summed E-state index contributed by atoms with van der Waals surface area (Å²) in [5, 5.41) is 3.01. The summed E-state index contributed by atoms with van der Waals surface area (Å²) in [7, 11) is 0. The third-order valence-electron chi connectivity index (χ3n) is 4.10. The summed E-state index contributed by atoms with van der Waals surface area (Å²) in [4.78, 5) is 29.0. The Hall–Kier alpha value is -2.38. The number of nitrogens with two attached hydrogens (primary N) is 1. The number of anilines is 1. The molecule has 1 aliphatic rings. The molecule has 25 heavy (non-hydrogen) atoms. The Morgan fingerprint density at radius 1 is 1.28 bits per heavy atom. The molecule has 0 aromatic carbocycles. The fraction of sp³-hybridized carbons (Fsp3) is 0.647. The quantitative estimate of drug-likeness (QED) is 0.549. The first-order valence-electron chi connectivity index (χ1n) is 8.90. The van der Waals surface area contributed by atoms with Gasteiger partial charge in [0.25, 0.3) is 0 Å². The lowest BCUT2D eigenvalue weighted by Crippen LogP contribution is -2.49. The van der Waals surface area contributed by atoms with Gasteiger partial charge < -0.3 is 20.9 Å². The SMILES string of the molecule is CC(C)CCN=C(N)NCCC(=O)N1CCN(c2ncccn2)CC1. The van der Waals surface area contributed by atoms with Gasteiger partial charge in [0.2, 0.25) is 11.9 Å². The van der Waals surface area contributed by atoms with Crippen LogP contribution in [-0.2, 0) is 4.79 Å². The Kier molecular flexibility index (Phi) is 7.43. The fourth-order valence-electron chi connectivity index (χ4n) is 2.57. The van der Waals surface area contributed by atoms with Crippen LogP contribution in [0.1, 0.15) is 26.7 Å². The molecule has 3 N–H and O–H groups in total. The van der Waals surface area contributed by atoms with Crippen LogP contribution in [0.25, 0.3) is 0 Å². The van der Waals surface area contributed by atoms with E-state index in [0.717, 1.165) is 25.5 Å². The van der Waals surface area contributed by atoms with Crippen LogP contribution < -0.4 is 16.0 Å². The monoisotopic (exact) mass is 347 g/mol. The molecular weight excluding hydrogens is 318 g/mol. The van der Waals surface area contributed by atoms with Gasteiger partial charge in [0, 0.05) is 58.1 Å². The van der Waals surface area contributed by atoms with Crippen LogP contribution in [0.4, 0.5) is 5.95 Å². The minimum absolute atomic E-state index is 0.135. The predicted molar refractivity (Wildman–Crippen MR) is 99.4 cm³/mol. The van der Waals surface area contributed by atoms with Crippen molar-refractivity contribution >= 4 is 17.8 Å². The second-order valence-electron chi connectivity index (χ2n) is 6.54. The number of carbonyl (C=O) groups excluding carboxylic acids is 1. The number of nitrogens with one attached hydrogen (secondary N) is 1. The van der Waals surface area contributed by atoms with Gasteiger partial charge in [-0.15, -0.1) is 0 Å². The lowest BCUT2D eigenvalue weighted by Gasteiger charge is -2.34. The summed E-state index contributed by atoms with van der Waals surface area (Å²) in [5.41, 5.74) is 5.80. The van der Waals surface area contributed by atoms with E-state index in [2.05, 4.69) is 39.0 Å². The Balaban J connectivity index is 1.65. The number of hydrogen-bond donors (Lipinski definition) is 2. The number of aliphatic imine (C=N–C) groups is 1. The van der Waals surface area contributed by atoms with Crippen molar-refractivity contribution in [3.8, 4) is 0 Å². The van der Waals surface area contributed by atoms with Gasteiger partial charge in [-0.1, -0.05) is 13.8 Å². The van der Waals surface area contributed by atoms with Crippen molar-refractivity contribution in [1.82, 2.24) is 20.2 Å². The first-order valence-corrected chi connectivity index (χ1v) is 8.90. The maximum atomic E-state index is 12.3. The van der Waals surface area contributed by atoms with Gasteiger partial charge in [-0.25, -0.2) is 9.97 Å². The summed E-state index contributed by atoms with van der Waals surface area (Å²) in [6.07, 6.45) is 4.90. The largest absolute Gasteiger partial charge is 0.370 e. The molecule has 0 bridgehead atoms. The Morgan fingerprint density at radius 3 is 2.60 bits per heavy atom. The number of hydrogen-bond acceptors (Lipinski definition) is 5. The van der Waals surface area contributed by atoms with Crippen molar-refractivity contribution < 1.29 is 4.79 Å². The van der Waals surface area contributed by atoms with Crippen molar-refractivity contribution in [3.63, 3.8) is 0 Å². The Morgan fingerprint density at radius 2 is 1.96 bits per heavy atom. The average molecular weight is 347 g/mol. The number of piperazine rings is 1. The molecule has 2 heterocycles. The zero-order chi connectivity index (χ0) is 18.1. The molecule has 1 amide bonds. The van der Waals surface area contributed by atoms with E-state index in [9.17, 15) is 4.79 Å². The normalized spacial score (nSPS) is 15.6. The summed E-state index contributed by atoms with van der Waals surface area (Å²) < 4.78 is 0. The Labute approximate surface area is 149 Å². The maximum Gasteiger partial charge on any atom is 0.225 e. The lowest BCUT2D eigenvalue weighted by molar-refractivity contribution is -0.131. The van der Waals surface area contributed by atoms with Crippen LogP contribution in [0, 0.1) is 5.92 Å². The van der Waals surface area contributed by atoms with Crippen LogP contribution in [0.3, 0.4) is 0 Å². The average Bonchev–Trinajstić information content (AvgIpc) is 2.62. The number of rotatable bonds is 7. The molecule has 1 saturated heterocycles. The number of carbonyl (C=O) groups is 1. The molecule has 0 spiro atoms. The van der Waals surface area contributed by atoms with Crippen molar-refractivity contribution in [3.05, 3.63) is 18.5 Å². The summed E-state index contributed by atoms with van der Waals surface area (Å²) >= 11 is 0.